The first-order chi connectivity index (χ1) is 11.7. The van der Waals surface area contributed by atoms with Crippen LogP contribution in [0.3, 0.4) is 0 Å². The fourth-order valence-electron chi connectivity index (χ4n) is 2.38. The number of aromatic nitrogens is 5. The van der Waals surface area contributed by atoms with Gasteiger partial charge in [-0.25, -0.2) is 14.2 Å². The minimum atomic E-state index is -0.281. The van der Waals surface area contributed by atoms with Crippen LogP contribution in [-0.2, 0) is 0 Å². The molecule has 118 valence electrons. The average molecular weight is 430 g/mol. The molecule has 1 N–H and O–H groups in total. The summed E-state index contributed by atoms with van der Waals surface area (Å²) in [7, 11) is 0. The van der Waals surface area contributed by atoms with Gasteiger partial charge in [-0.1, -0.05) is 12.1 Å². The van der Waals surface area contributed by atoms with Gasteiger partial charge in [-0.05, 0) is 40.8 Å². The topological polar surface area (TPSA) is 77.1 Å². The average Bonchev–Trinajstić information content (AvgIpc) is 3.22. The van der Waals surface area contributed by atoms with E-state index in [9.17, 15) is 4.79 Å². The number of halogens is 1. The van der Waals surface area contributed by atoms with E-state index in [2.05, 4.69) is 43.1 Å². The first-order valence-corrected chi connectivity index (χ1v) is 8.20. The summed E-state index contributed by atoms with van der Waals surface area (Å²) in [5, 5.41) is 11.3. The maximum atomic E-state index is 12.6. The predicted octanol–water partition coefficient (Wildman–Crippen LogP) is 2.77. The van der Waals surface area contributed by atoms with Gasteiger partial charge < -0.3 is 5.32 Å². The second kappa shape index (κ2) is 6.04. The zero-order valence-electron chi connectivity index (χ0n) is 12.3. The van der Waals surface area contributed by atoms with Crippen molar-refractivity contribution in [2.75, 3.05) is 5.32 Å². The lowest BCUT2D eigenvalue weighted by Gasteiger charge is -2.10. The van der Waals surface area contributed by atoms with Gasteiger partial charge in [0.1, 0.15) is 11.4 Å². The molecule has 0 unspecified atom stereocenters. The SMILES string of the molecule is O=C(Nc1ccnn1-c1ccccc1I)c1cnn2cccnc12. The molecule has 0 aliphatic carbocycles. The largest absolute Gasteiger partial charge is 0.306 e. The number of nitrogens with zero attached hydrogens (tertiary/aromatic N) is 5. The van der Waals surface area contributed by atoms with Gasteiger partial charge in [-0.3, -0.25) is 4.79 Å². The molecule has 4 rings (SSSR count). The minimum absolute atomic E-state index is 0.281. The van der Waals surface area contributed by atoms with Crippen molar-refractivity contribution in [1.29, 1.82) is 0 Å². The van der Waals surface area contributed by atoms with Crippen molar-refractivity contribution in [2.24, 2.45) is 0 Å². The Morgan fingerprint density at radius 3 is 2.83 bits per heavy atom. The van der Waals surface area contributed by atoms with E-state index in [0.29, 0.717) is 17.0 Å². The van der Waals surface area contributed by atoms with Gasteiger partial charge in [0.2, 0.25) is 0 Å². The quantitative estimate of drug-likeness (QED) is 0.508. The highest BCUT2D eigenvalue weighted by Gasteiger charge is 2.16. The number of anilines is 1. The Kier molecular flexibility index (Phi) is 3.73. The Morgan fingerprint density at radius 1 is 1.08 bits per heavy atom. The van der Waals surface area contributed by atoms with E-state index in [1.807, 2.05) is 24.3 Å². The first kappa shape index (κ1) is 14.8. The lowest BCUT2D eigenvalue weighted by Crippen LogP contribution is -2.15. The number of carbonyl (C=O) groups excluding carboxylic acids is 1. The Labute approximate surface area is 150 Å². The maximum Gasteiger partial charge on any atom is 0.262 e. The van der Waals surface area contributed by atoms with Crippen LogP contribution in [0, 0.1) is 3.57 Å². The van der Waals surface area contributed by atoms with Crippen LogP contribution >= 0.6 is 22.6 Å². The van der Waals surface area contributed by atoms with Gasteiger partial charge in [-0.15, -0.1) is 0 Å². The van der Waals surface area contributed by atoms with Crippen LogP contribution < -0.4 is 5.32 Å². The molecule has 1 amide bonds. The molecule has 0 saturated heterocycles. The molecule has 1 aromatic carbocycles. The monoisotopic (exact) mass is 430 g/mol. The zero-order valence-corrected chi connectivity index (χ0v) is 14.5. The minimum Gasteiger partial charge on any atom is -0.306 e. The number of rotatable bonds is 3. The number of para-hydroxylation sites is 1. The number of carbonyl (C=O) groups is 1. The van der Waals surface area contributed by atoms with Crippen molar-refractivity contribution < 1.29 is 4.79 Å². The van der Waals surface area contributed by atoms with E-state index in [1.165, 1.54) is 6.20 Å². The van der Waals surface area contributed by atoms with Gasteiger partial charge in [0.25, 0.3) is 5.91 Å². The molecule has 3 heterocycles. The molecule has 0 aliphatic rings. The predicted molar refractivity (Wildman–Crippen MR) is 97.2 cm³/mol. The second-order valence-electron chi connectivity index (χ2n) is 4.98. The fourth-order valence-corrected chi connectivity index (χ4v) is 3.00. The summed E-state index contributed by atoms with van der Waals surface area (Å²) in [5.41, 5.74) is 1.82. The summed E-state index contributed by atoms with van der Waals surface area (Å²) in [6, 6.07) is 11.3. The van der Waals surface area contributed by atoms with Crippen LogP contribution in [0.15, 0.2) is 61.2 Å². The van der Waals surface area contributed by atoms with Gasteiger partial charge in [-0.2, -0.15) is 10.2 Å². The molecular formula is C16H11IN6O. The zero-order chi connectivity index (χ0) is 16.5. The summed E-state index contributed by atoms with van der Waals surface area (Å²) in [6.07, 6.45) is 6.53. The van der Waals surface area contributed by atoms with Crippen LogP contribution in [0.1, 0.15) is 10.4 Å². The molecule has 0 bridgehead atoms. The first-order valence-electron chi connectivity index (χ1n) is 7.13. The lowest BCUT2D eigenvalue weighted by molar-refractivity contribution is 0.102. The molecule has 7 nitrogen and oxygen atoms in total. The molecule has 0 radical (unpaired) electrons. The van der Waals surface area contributed by atoms with Crippen molar-refractivity contribution in [3.63, 3.8) is 0 Å². The van der Waals surface area contributed by atoms with Crippen LogP contribution in [0.25, 0.3) is 11.3 Å². The molecule has 4 aromatic rings. The van der Waals surface area contributed by atoms with Crippen molar-refractivity contribution in [3.8, 4) is 5.69 Å². The van der Waals surface area contributed by atoms with Crippen LogP contribution in [0.4, 0.5) is 5.82 Å². The van der Waals surface area contributed by atoms with Gasteiger partial charge in [0.15, 0.2) is 5.65 Å². The van der Waals surface area contributed by atoms with Crippen molar-refractivity contribution in [1.82, 2.24) is 24.4 Å². The number of hydrogen-bond acceptors (Lipinski definition) is 4. The molecule has 0 saturated carbocycles. The molecule has 0 spiro atoms. The second-order valence-corrected chi connectivity index (χ2v) is 6.14. The smallest absolute Gasteiger partial charge is 0.262 e. The number of fused-ring (bicyclic) bond motifs is 1. The van der Waals surface area contributed by atoms with Crippen LogP contribution in [0.5, 0.6) is 0 Å². The number of amides is 1. The maximum absolute atomic E-state index is 12.6. The number of benzene rings is 1. The molecule has 8 heteroatoms. The van der Waals surface area contributed by atoms with Gasteiger partial charge in [0, 0.05) is 22.0 Å². The van der Waals surface area contributed by atoms with Crippen molar-refractivity contribution >= 4 is 40.0 Å². The Balaban J connectivity index is 1.69. The van der Waals surface area contributed by atoms with E-state index >= 15 is 0 Å². The molecule has 0 fully saturated rings. The number of nitrogens with one attached hydrogen (secondary N) is 1. The van der Waals surface area contributed by atoms with E-state index in [0.717, 1.165) is 9.26 Å². The normalized spacial score (nSPS) is 10.9. The van der Waals surface area contributed by atoms with Gasteiger partial charge in [0.05, 0.1) is 18.1 Å². The third-order valence-electron chi connectivity index (χ3n) is 3.49. The summed E-state index contributed by atoms with van der Waals surface area (Å²) in [4.78, 5) is 16.8. The molecule has 0 aliphatic heterocycles. The van der Waals surface area contributed by atoms with E-state index in [1.54, 1.807) is 39.9 Å². The van der Waals surface area contributed by atoms with Crippen molar-refractivity contribution in [3.05, 3.63) is 70.3 Å². The summed E-state index contributed by atoms with van der Waals surface area (Å²) < 4.78 is 4.29. The summed E-state index contributed by atoms with van der Waals surface area (Å²) >= 11 is 2.24. The number of hydrogen-bond donors (Lipinski definition) is 1. The third-order valence-corrected chi connectivity index (χ3v) is 4.40. The van der Waals surface area contributed by atoms with Gasteiger partial charge >= 0.3 is 0 Å². The molecule has 24 heavy (non-hydrogen) atoms. The Morgan fingerprint density at radius 2 is 1.96 bits per heavy atom. The highest BCUT2D eigenvalue weighted by molar-refractivity contribution is 14.1. The highest BCUT2D eigenvalue weighted by atomic mass is 127. The fraction of sp³-hybridized carbons (Fsp3) is 0. The molecule has 0 atom stereocenters. The van der Waals surface area contributed by atoms with E-state index in [-0.39, 0.29) is 5.91 Å². The lowest BCUT2D eigenvalue weighted by atomic mass is 10.3. The molecular weight excluding hydrogens is 419 g/mol. The molecule has 3 aromatic heterocycles. The van der Waals surface area contributed by atoms with Crippen LogP contribution in [-0.4, -0.2) is 30.3 Å². The summed E-state index contributed by atoms with van der Waals surface area (Å²) in [5.74, 6) is 0.302. The third kappa shape index (κ3) is 2.54. The van der Waals surface area contributed by atoms with Crippen molar-refractivity contribution in [2.45, 2.75) is 0 Å². The highest BCUT2D eigenvalue weighted by Crippen LogP contribution is 2.21. The Hall–Kier alpha value is -2.75. The van der Waals surface area contributed by atoms with E-state index in [4.69, 9.17) is 0 Å². The van der Waals surface area contributed by atoms with Crippen LogP contribution in [0.2, 0.25) is 0 Å². The van der Waals surface area contributed by atoms with E-state index < -0.39 is 0 Å². The summed E-state index contributed by atoms with van der Waals surface area (Å²) in [6.45, 7) is 0. The standard InChI is InChI=1S/C16H11IN6O/c17-12-4-1-2-5-13(12)23-14(6-8-19-23)21-16(24)11-10-20-22-9-3-7-18-15(11)22/h1-10H,(H,21,24). The Bertz CT molecular complexity index is 1040.